The zero-order chi connectivity index (χ0) is 18.1. The quantitative estimate of drug-likeness (QED) is 0.247. The maximum atomic E-state index is 14.1. The number of thiol groups is 1. The minimum atomic E-state index is -0.968. The molecule has 25 heavy (non-hydrogen) atoms. The molecule has 128 valence electrons. The molecule has 0 aliphatic carbocycles. The third-order valence-corrected chi connectivity index (χ3v) is 4.24. The van der Waals surface area contributed by atoms with Crippen LogP contribution in [0.3, 0.4) is 0 Å². The molecule has 1 aromatic heterocycles. The normalized spacial score (nSPS) is 10.7. The lowest BCUT2D eigenvalue weighted by Gasteiger charge is -2.13. The minimum absolute atomic E-state index is 0.00114. The van der Waals surface area contributed by atoms with E-state index in [1.54, 1.807) is 0 Å². The number of halogens is 2. The predicted molar refractivity (Wildman–Crippen MR) is 101 cm³/mol. The molecule has 0 saturated heterocycles. The van der Waals surface area contributed by atoms with E-state index in [1.165, 1.54) is 0 Å². The summed E-state index contributed by atoms with van der Waals surface area (Å²) in [6.07, 6.45) is 0. The predicted octanol–water partition coefficient (Wildman–Crippen LogP) is 4.73. The van der Waals surface area contributed by atoms with Crippen LogP contribution in [0, 0.1) is 26.4 Å². The van der Waals surface area contributed by atoms with Crippen LogP contribution in [0.1, 0.15) is 5.56 Å². The number of hydrogen-bond donors (Lipinski definition) is 2. The molecule has 3 aromatic rings. The summed E-state index contributed by atoms with van der Waals surface area (Å²) >= 11 is 6.12. The molecule has 0 amide bonds. The van der Waals surface area contributed by atoms with Crippen LogP contribution >= 0.6 is 35.2 Å². The number of rotatable bonds is 4. The van der Waals surface area contributed by atoms with Crippen LogP contribution in [-0.2, 0) is 0 Å². The summed E-state index contributed by atoms with van der Waals surface area (Å²) in [6.45, 7) is 1.89. The van der Waals surface area contributed by atoms with Crippen molar-refractivity contribution in [3.8, 4) is 11.5 Å². The SMILES string of the molecule is Cc1cc(I)ccc1Nc1cc(F)c([N+](=O)[O-])cc1-c1nnc(S)o1. The second-order valence-corrected chi connectivity index (χ2v) is 6.71. The van der Waals surface area contributed by atoms with Gasteiger partial charge in [0.2, 0.25) is 5.82 Å². The molecule has 2 aromatic carbocycles. The van der Waals surface area contributed by atoms with Crippen molar-refractivity contribution >= 4 is 52.3 Å². The highest BCUT2D eigenvalue weighted by atomic mass is 127. The van der Waals surface area contributed by atoms with Gasteiger partial charge in [-0.1, -0.05) is 12.6 Å². The van der Waals surface area contributed by atoms with E-state index in [0.717, 1.165) is 27.0 Å². The Bertz CT molecular complexity index is 979. The summed E-state index contributed by atoms with van der Waals surface area (Å²) < 4.78 is 20.4. The number of benzene rings is 2. The highest BCUT2D eigenvalue weighted by molar-refractivity contribution is 14.1. The van der Waals surface area contributed by atoms with Gasteiger partial charge in [0, 0.05) is 21.4 Å². The fourth-order valence-corrected chi connectivity index (χ4v) is 3.00. The van der Waals surface area contributed by atoms with E-state index in [1.807, 2.05) is 25.1 Å². The lowest BCUT2D eigenvalue weighted by atomic mass is 10.1. The third-order valence-electron chi connectivity index (χ3n) is 3.39. The average Bonchev–Trinajstić information content (AvgIpc) is 2.96. The smallest absolute Gasteiger partial charge is 0.305 e. The molecule has 7 nitrogen and oxygen atoms in total. The maximum absolute atomic E-state index is 14.1. The minimum Gasteiger partial charge on any atom is -0.411 e. The summed E-state index contributed by atoms with van der Waals surface area (Å²) in [7, 11) is 0. The lowest BCUT2D eigenvalue weighted by Crippen LogP contribution is -2.00. The van der Waals surface area contributed by atoms with Crippen molar-refractivity contribution in [1.82, 2.24) is 10.2 Å². The number of aryl methyl sites for hydroxylation is 1. The van der Waals surface area contributed by atoms with Gasteiger partial charge in [0.25, 0.3) is 11.1 Å². The van der Waals surface area contributed by atoms with Gasteiger partial charge in [-0.2, -0.15) is 4.39 Å². The topological polar surface area (TPSA) is 94.1 Å². The van der Waals surface area contributed by atoms with Gasteiger partial charge in [0.15, 0.2) is 0 Å². The Labute approximate surface area is 160 Å². The first kappa shape index (κ1) is 17.6. The molecule has 1 N–H and O–H groups in total. The fraction of sp³-hybridized carbons (Fsp3) is 0.0667. The molecule has 0 radical (unpaired) electrons. The van der Waals surface area contributed by atoms with E-state index in [4.69, 9.17) is 4.42 Å². The van der Waals surface area contributed by atoms with Crippen molar-refractivity contribution in [2.45, 2.75) is 12.1 Å². The molecule has 0 spiro atoms. The van der Waals surface area contributed by atoms with Gasteiger partial charge >= 0.3 is 5.69 Å². The number of nitrogens with one attached hydrogen (secondary N) is 1. The molecule has 0 fully saturated rings. The van der Waals surface area contributed by atoms with Crippen LogP contribution in [0.2, 0.25) is 0 Å². The summed E-state index contributed by atoms with van der Waals surface area (Å²) in [5, 5.41) is 21.5. The van der Waals surface area contributed by atoms with E-state index in [2.05, 4.69) is 50.7 Å². The number of nitro benzene ring substituents is 1. The molecule has 0 aliphatic heterocycles. The molecule has 0 unspecified atom stereocenters. The molecule has 0 atom stereocenters. The van der Waals surface area contributed by atoms with Crippen LogP contribution in [0.4, 0.5) is 21.5 Å². The van der Waals surface area contributed by atoms with Gasteiger partial charge in [0.1, 0.15) is 0 Å². The largest absolute Gasteiger partial charge is 0.411 e. The Hall–Kier alpha value is -2.21. The Morgan fingerprint density at radius 1 is 1.28 bits per heavy atom. The average molecular weight is 472 g/mol. The highest BCUT2D eigenvalue weighted by Crippen LogP contribution is 2.36. The molecule has 1 heterocycles. The van der Waals surface area contributed by atoms with Crippen LogP contribution in [0.25, 0.3) is 11.5 Å². The summed E-state index contributed by atoms with van der Waals surface area (Å²) in [6, 6.07) is 7.75. The summed E-state index contributed by atoms with van der Waals surface area (Å²) in [5.74, 6) is -0.969. The van der Waals surface area contributed by atoms with E-state index < -0.39 is 16.4 Å². The van der Waals surface area contributed by atoms with E-state index >= 15 is 0 Å². The Kier molecular flexibility index (Phi) is 4.90. The van der Waals surface area contributed by atoms with Crippen LogP contribution in [0.5, 0.6) is 0 Å². The molecular formula is C15H10FIN4O3S. The second-order valence-electron chi connectivity index (χ2n) is 5.08. The Balaban J connectivity index is 2.14. The maximum Gasteiger partial charge on any atom is 0.305 e. The number of nitro groups is 1. The highest BCUT2D eigenvalue weighted by Gasteiger charge is 2.22. The molecule has 0 aliphatic rings. The number of anilines is 2. The van der Waals surface area contributed by atoms with E-state index in [-0.39, 0.29) is 22.4 Å². The molecule has 3 rings (SSSR count). The van der Waals surface area contributed by atoms with Crippen molar-refractivity contribution in [2.75, 3.05) is 5.32 Å². The van der Waals surface area contributed by atoms with Gasteiger partial charge in [-0.05, 0) is 53.3 Å². The van der Waals surface area contributed by atoms with E-state index in [9.17, 15) is 14.5 Å². The standard InChI is InChI=1S/C15H10FIN4O3S/c1-7-4-8(17)2-3-11(7)18-12-6-10(16)13(21(22)23)5-9(12)14-19-20-15(25)24-14/h2-6,18H,1H3,(H,20,25). The first-order valence-corrected chi connectivity index (χ1v) is 8.41. The van der Waals surface area contributed by atoms with Crippen molar-refractivity contribution in [3.05, 3.63) is 55.4 Å². The van der Waals surface area contributed by atoms with Crippen LogP contribution in [-0.4, -0.2) is 15.1 Å². The van der Waals surface area contributed by atoms with Crippen molar-refractivity contribution in [2.24, 2.45) is 0 Å². The van der Waals surface area contributed by atoms with Gasteiger partial charge in [-0.3, -0.25) is 10.1 Å². The number of aromatic nitrogens is 2. The molecule has 10 heteroatoms. The van der Waals surface area contributed by atoms with Crippen molar-refractivity contribution in [3.63, 3.8) is 0 Å². The van der Waals surface area contributed by atoms with E-state index in [0.29, 0.717) is 0 Å². The number of hydrogen-bond acceptors (Lipinski definition) is 7. The van der Waals surface area contributed by atoms with Crippen LogP contribution in [0.15, 0.2) is 40.0 Å². The van der Waals surface area contributed by atoms with Crippen molar-refractivity contribution < 1.29 is 13.7 Å². The van der Waals surface area contributed by atoms with Crippen LogP contribution < -0.4 is 5.32 Å². The molecule has 0 saturated carbocycles. The zero-order valence-electron chi connectivity index (χ0n) is 12.7. The lowest BCUT2D eigenvalue weighted by molar-refractivity contribution is -0.387. The van der Waals surface area contributed by atoms with Gasteiger partial charge in [-0.15, -0.1) is 10.2 Å². The Morgan fingerprint density at radius 3 is 2.64 bits per heavy atom. The summed E-state index contributed by atoms with van der Waals surface area (Å²) in [5.41, 5.74) is 1.44. The zero-order valence-corrected chi connectivity index (χ0v) is 15.7. The fourth-order valence-electron chi connectivity index (χ4n) is 2.22. The van der Waals surface area contributed by atoms with Gasteiger partial charge in [0.05, 0.1) is 16.2 Å². The third kappa shape index (κ3) is 3.74. The number of nitrogens with zero attached hydrogens (tertiary/aromatic N) is 3. The summed E-state index contributed by atoms with van der Waals surface area (Å²) in [4.78, 5) is 10.2. The monoisotopic (exact) mass is 472 g/mol. The second kappa shape index (κ2) is 6.96. The Morgan fingerprint density at radius 2 is 2.04 bits per heavy atom. The first-order valence-electron chi connectivity index (χ1n) is 6.89. The molecular weight excluding hydrogens is 462 g/mol. The van der Waals surface area contributed by atoms with Gasteiger partial charge in [-0.25, -0.2) is 0 Å². The van der Waals surface area contributed by atoms with Crippen molar-refractivity contribution in [1.29, 1.82) is 0 Å². The molecule has 0 bridgehead atoms. The first-order chi connectivity index (χ1) is 11.8. The van der Waals surface area contributed by atoms with Gasteiger partial charge < -0.3 is 9.73 Å².